The maximum Gasteiger partial charge on any atom is 0.127 e. The minimum absolute atomic E-state index is 0.219. The van der Waals surface area contributed by atoms with Crippen molar-refractivity contribution >= 4 is 5.71 Å². The van der Waals surface area contributed by atoms with Gasteiger partial charge in [0.2, 0.25) is 0 Å². The minimum atomic E-state index is 0.219. The molecule has 0 aliphatic heterocycles. The van der Waals surface area contributed by atoms with E-state index in [1.807, 2.05) is 0 Å². The summed E-state index contributed by atoms with van der Waals surface area (Å²) in [6.07, 6.45) is 7.12. The number of aliphatic hydroxyl groups excluding tert-OH is 1. The summed E-state index contributed by atoms with van der Waals surface area (Å²) in [5.74, 6) is 0. The molecule has 1 heterocycles. The van der Waals surface area contributed by atoms with E-state index in [4.69, 9.17) is 10.3 Å². The second kappa shape index (κ2) is 7.00. The predicted molar refractivity (Wildman–Crippen MR) is 55.0 cm³/mol. The second-order valence-electron chi connectivity index (χ2n) is 3.41. The third kappa shape index (κ3) is 4.60. The molecule has 0 spiro atoms. The fraction of sp³-hybridized carbons (Fsp3) is 0.600. The molecule has 1 aromatic rings. The number of oxime groups is 1. The standard InChI is InChI=1S/C10H16N2O3/c13-5-3-1-2-4-10(12-14)6-9-7-11-15-8-9/h7-8,13-14H,1-6H2. The molecule has 0 aliphatic carbocycles. The lowest BCUT2D eigenvalue weighted by Gasteiger charge is -2.01. The van der Waals surface area contributed by atoms with Crippen LogP contribution in [0.5, 0.6) is 0 Å². The SMILES string of the molecule is OCCCCCC(Cc1cnoc1)=NO. The zero-order valence-electron chi connectivity index (χ0n) is 8.59. The van der Waals surface area contributed by atoms with Crippen LogP contribution in [-0.4, -0.2) is 27.8 Å². The van der Waals surface area contributed by atoms with E-state index in [0.717, 1.165) is 37.0 Å². The molecule has 84 valence electrons. The smallest absolute Gasteiger partial charge is 0.127 e. The molecular formula is C10H16N2O3. The molecule has 0 saturated carbocycles. The van der Waals surface area contributed by atoms with E-state index in [-0.39, 0.29) is 6.61 Å². The van der Waals surface area contributed by atoms with E-state index in [2.05, 4.69) is 14.8 Å². The first-order valence-electron chi connectivity index (χ1n) is 5.05. The quantitative estimate of drug-likeness (QED) is 0.311. The Bertz CT molecular complexity index is 283. The van der Waals surface area contributed by atoms with E-state index in [9.17, 15) is 0 Å². The summed E-state index contributed by atoms with van der Waals surface area (Å²) in [6, 6.07) is 0. The van der Waals surface area contributed by atoms with Gasteiger partial charge in [-0.05, 0) is 19.3 Å². The van der Waals surface area contributed by atoms with Crippen molar-refractivity contribution in [2.45, 2.75) is 32.1 Å². The largest absolute Gasteiger partial charge is 0.411 e. The van der Waals surface area contributed by atoms with Gasteiger partial charge in [0.05, 0.1) is 11.9 Å². The predicted octanol–water partition coefficient (Wildman–Crippen LogP) is 1.60. The Balaban J connectivity index is 2.25. The van der Waals surface area contributed by atoms with Gasteiger partial charge in [-0.25, -0.2) is 0 Å². The monoisotopic (exact) mass is 212 g/mol. The van der Waals surface area contributed by atoms with Gasteiger partial charge in [-0.15, -0.1) is 0 Å². The molecule has 0 bridgehead atoms. The van der Waals surface area contributed by atoms with Crippen LogP contribution in [0, 0.1) is 0 Å². The van der Waals surface area contributed by atoms with Crippen LogP contribution in [0.4, 0.5) is 0 Å². The average Bonchev–Trinajstić information content (AvgIpc) is 2.75. The van der Waals surface area contributed by atoms with Gasteiger partial charge in [-0.1, -0.05) is 16.7 Å². The lowest BCUT2D eigenvalue weighted by atomic mass is 10.1. The Morgan fingerprint density at radius 2 is 2.27 bits per heavy atom. The molecule has 0 radical (unpaired) electrons. The van der Waals surface area contributed by atoms with E-state index < -0.39 is 0 Å². The Morgan fingerprint density at radius 3 is 2.87 bits per heavy atom. The molecule has 0 atom stereocenters. The van der Waals surface area contributed by atoms with Gasteiger partial charge >= 0.3 is 0 Å². The van der Waals surface area contributed by atoms with Crippen molar-refractivity contribution in [2.24, 2.45) is 5.16 Å². The maximum atomic E-state index is 8.77. The number of unbranched alkanes of at least 4 members (excludes halogenated alkanes) is 2. The van der Waals surface area contributed by atoms with Gasteiger partial charge in [0.15, 0.2) is 0 Å². The fourth-order valence-corrected chi connectivity index (χ4v) is 1.34. The Morgan fingerprint density at radius 1 is 1.40 bits per heavy atom. The fourth-order valence-electron chi connectivity index (χ4n) is 1.34. The minimum Gasteiger partial charge on any atom is -0.411 e. The van der Waals surface area contributed by atoms with Crippen LogP contribution in [0.25, 0.3) is 0 Å². The average molecular weight is 212 g/mol. The van der Waals surface area contributed by atoms with Crippen molar-refractivity contribution in [3.8, 4) is 0 Å². The summed E-state index contributed by atoms with van der Waals surface area (Å²) < 4.78 is 4.68. The molecule has 0 amide bonds. The molecular weight excluding hydrogens is 196 g/mol. The van der Waals surface area contributed by atoms with Crippen LogP contribution in [-0.2, 0) is 6.42 Å². The molecule has 1 rings (SSSR count). The molecule has 5 nitrogen and oxygen atoms in total. The van der Waals surface area contributed by atoms with Gasteiger partial charge < -0.3 is 14.8 Å². The van der Waals surface area contributed by atoms with Crippen LogP contribution >= 0.6 is 0 Å². The first-order chi connectivity index (χ1) is 7.36. The molecule has 0 unspecified atom stereocenters. The van der Waals surface area contributed by atoms with Gasteiger partial charge in [-0.3, -0.25) is 0 Å². The van der Waals surface area contributed by atoms with Gasteiger partial charge in [-0.2, -0.15) is 0 Å². The maximum absolute atomic E-state index is 8.77. The second-order valence-corrected chi connectivity index (χ2v) is 3.41. The van der Waals surface area contributed by atoms with Crippen molar-refractivity contribution in [1.29, 1.82) is 0 Å². The van der Waals surface area contributed by atoms with E-state index in [1.165, 1.54) is 0 Å². The summed E-state index contributed by atoms with van der Waals surface area (Å²) in [4.78, 5) is 0. The molecule has 5 heteroatoms. The normalized spacial score (nSPS) is 11.9. The molecule has 0 saturated heterocycles. The summed E-state index contributed by atoms with van der Waals surface area (Å²) in [5.41, 5.74) is 1.63. The Hall–Kier alpha value is -1.36. The lowest BCUT2D eigenvalue weighted by Crippen LogP contribution is -2.02. The van der Waals surface area contributed by atoms with Crippen molar-refractivity contribution in [1.82, 2.24) is 5.16 Å². The summed E-state index contributed by atoms with van der Waals surface area (Å²) in [5, 5.41) is 24.2. The zero-order valence-corrected chi connectivity index (χ0v) is 8.59. The number of aromatic nitrogens is 1. The van der Waals surface area contributed by atoms with Gasteiger partial charge in [0.1, 0.15) is 6.26 Å². The number of hydrogen-bond donors (Lipinski definition) is 2. The summed E-state index contributed by atoms with van der Waals surface area (Å²) in [6.45, 7) is 0.219. The molecule has 0 fully saturated rings. The molecule has 15 heavy (non-hydrogen) atoms. The van der Waals surface area contributed by atoms with E-state index >= 15 is 0 Å². The van der Waals surface area contributed by atoms with E-state index in [0.29, 0.717) is 6.42 Å². The molecule has 0 aliphatic rings. The third-order valence-corrected chi connectivity index (χ3v) is 2.16. The van der Waals surface area contributed by atoms with Gasteiger partial charge in [0.25, 0.3) is 0 Å². The van der Waals surface area contributed by atoms with Crippen LogP contribution < -0.4 is 0 Å². The molecule has 2 N–H and O–H groups in total. The molecule has 1 aromatic heterocycles. The first-order valence-corrected chi connectivity index (χ1v) is 5.05. The first kappa shape index (κ1) is 11.7. The highest BCUT2D eigenvalue weighted by molar-refractivity contribution is 5.85. The highest BCUT2D eigenvalue weighted by Crippen LogP contribution is 2.06. The van der Waals surface area contributed by atoms with Gasteiger partial charge in [0, 0.05) is 18.6 Å². The Labute approximate surface area is 88.4 Å². The number of aliphatic hydroxyl groups is 1. The third-order valence-electron chi connectivity index (χ3n) is 2.16. The number of nitrogens with zero attached hydrogens (tertiary/aromatic N) is 2. The summed E-state index contributed by atoms with van der Waals surface area (Å²) >= 11 is 0. The highest BCUT2D eigenvalue weighted by atomic mass is 16.5. The Kier molecular flexibility index (Phi) is 5.47. The molecule has 0 aromatic carbocycles. The number of hydrogen-bond acceptors (Lipinski definition) is 5. The van der Waals surface area contributed by atoms with Crippen LogP contribution in [0.15, 0.2) is 22.1 Å². The highest BCUT2D eigenvalue weighted by Gasteiger charge is 2.04. The van der Waals surface area contributed by atoms with Crippen LogP contribution in [0.2, 0.25) is 0 Å². The van der Waals surface area contributed by atoms with Crippen molar-refractivity contribution in [3.63, 3.8) is 0 Å². The van der Waals surface area contributed by atoms with Crippen molar-refractivity contribution in [3.05, 3.63) is 18.0 Å². The van der Waals surface area contributed by atoms with Crippen molar-refractivity contribution in [2.75, 3.05) is 6.61 Å². The van der Waals surface area contributed by atoms with E-state index in [1.54, 1.807) is 12.5 Å². The van der Waals surface area contributed by atoms with Crippen LogP contribution in [0.3, 0.4) is 0 Å². The summed E-state index contributed by atoms with van der Waals surface area (Å²) in [7, 11) is 0. The number of rotatable bonds is 7. The topological polar surface area (TPSA) is 78.9 Å². The zero-order chi connectivity index (χ0) is 10.9. The van der Waals surface area contributed by atoms with Crippen LogP contribution in [0.1, 0.15) is 31.2 Å². The lowest BCUT2D eigenvalue weighted by molar-refractivity contribution is 0.283. The van der Waals surface area contributed by atoms with Crippen molar-refractivity contribution < 1.29 is 14.8 Å².